The van der Waals surface area contributed by atoms with Crippen molar-refractivity contribution in [2.75, 3.05) is 26.9 Å². The van der Waals surface area contributed by atoms with Crippen molar-refractivity contribution in [2.45, 2.75) is 12.3 Å². The lowest BCUT2D eigenvalue weighted by atomic mass is 10.4. The van der Waals surface area contributed by atoms with Crippen molar-refractivity contribution in [1.82, 2.24) is 5.32 Å². The van der Waals surface area contributed by atoms with Crippen LogP contribution in [-0.2, 0) is 9.47 Å². The van der Waals surface area contributed by atoms with E-state index < -0.39 is 25.0 Å². The number of aliphatic hydroxyl groups excluding tert-OH is 1. The minimum absolute atomic E-state index is 0.0282. The zero-order chi connectivity index (χ0) is 11.9. The van der Waals surface area contributed by atoms with E-state index in [0.29, 0.717) is 0 Å². The van der Waals surface area contributed by atoms with Gasteiger partial charge in [-0.1, -0.05) is 0 Å². The van der Waals surface area contributed by atoms with Gasteiger partial charge in [0.05, 0.1) is 12.7 Å². The number of ether oxygens (including phenoxy) is 2. The molecule has 0 bridgehead atoms. The molecule has 1 atom stereocenters. The molecule has 0 aromatic heterocycles. The van der Waals surface area contributed by atoms with Gasteiger partial charge in [-0.3, -0.25) is 0 Å². The summed E-state index contributed by atoms with van der Waals surface area (Å²) in [6, 6.07) is 0. The fourth-order valence-electron chi connectivity index (χ4n) is 0.651. The first-order valence-corrected chi connectivity index (χ1v) is 3.99. The minimum atomic E-state index is -4.55. The van der Waals surface area contributed by atoms with Crippen LogP contribution in [0.1, 0.15) is 0 Å². The van der Waals surface area contributed by atoms with E-state index in [1.807, 2.05) is 5.32 Å². The third-order valence-electron chi connectivity index (χ3n) is 1.21. The number of alkyl halides is 3. The van der Waals surface area contributed by atoms with Crippen LogP contribution in [0, 0.1) is 0 Å². The highest BCUT2D eigenvalue weighted by Crippen LogP contribution is 2.14. The summed E-state index contributed by atoms with van der Waals surface area (Å²) < 4.78 is 43.0. The van der Waals surface area contributed by atoms with E-state index >= 15 is 0 Å². The summed E-state index contributed by atoms with van der Waals surface area (Å²) in [4.78, 5) is 10.6. The zero-order valence-corrected chi connectivity index (χ0v) is 8.00. The minimum Gasteiger partial charge on any atom is -0.440 e. The van der Waals surface area contributed by atoms with E-state index in [0.717, 1.165) is 0 Å². The van der Waals surface area contributed by atoms with E-state index in [2.05, 4.69) is 9.47 Å². The largest absolute Gasteiger partial charge is 0.440 e. The van der Waals surface area contributed by atoms with Gasteiger partial charge in [-0.2, -0.15) is 13.2 Å². The number of alkyl carbamates (subject to hydrolysis) is 1. The van der Waals surface area contributed by atoms with Crippen LogP contribution in [0.3, 0.4) is 0 Å². The molecule has 0 saturated heterocycles. The molecule has 0 spiro atoms. The van der Waals surface area contributed by atoms with Crippen LogP contribution in [0.5, 0.6) is 0 Å². The Morgan fingerprint density at radius 2 is 2.13 bits per heavy atom. The van der Waals surface area contributed by atoms with Gasteiger partial charge in [0.15, 0.2) is 6.61 Å². The molecule has 8 heteroatoms. The Bertz CT molecular complexity index is 197. The molecule has 0 aromatic carbocycles. The third-order valence-corrected chi connectivity index (χ3v) is 1.21. The molecular weight excluding hydrogens is 219 g/mol. The highest BCUT2D eigenvalue weighted by molar-refractivity contribution is 5.67. The van der Waals surface area contributed by atoms with E-state index in [9.17, 15) is 18.0 Å². The Hall–Kier alpha value is -1.02. The zero-order valence-electron chi connectivity index (χ0n) is 8.00. The van der Waals surface area contributed by atoms with E-state index in [4.69, 9.17) is 5.11 Å². The van der Waals surface area contributed by atoms with E-state index in [-0.39, 0.29) is 13.2 Å². The standard InChI is InChI=1S/C7H12F3NO4/c1-14-3-5(12)2-11-6(13)15-4-7(8,9)10/h5,12H,2-4H2,1H3,(H,11,13). The van der Waals surface area contributed by atoms with Crippen molar-refractivity contribution in [1.29, 1.82) is 0 Å². The van der Waals surface area contributed by atoms with Gasteiger partial charge in [-0.25, -0.2) is 4.79 Å². The van der Waals surface area contributed by atoms with Crippen molar-refractivity contribution >= 4 is 6.09 Å². The monoisotopic (exact) mass is 231 g/mol. The molecule has 0 heterocycles. The van der Waals surface area contributed by atoms with Crippen molar-refractivity contribution in [2.24, 2.45) is 0 Å². The van der Waals surface area contributed by atoms with Gasteiger partial charge in [-0.15, -0.1) is 0 Å². The first-order valence-electron chi connectivity index (χ1n) is 3.99. The summed E-state index contributed by atoms with van der Waals surface area (Å²) in [5.41, 5.74) is 0. The molecule has 0 radical (unpaired) electrons. The van der Waals surface area contributed by atoms with Crippen molar-refractivity contribution in [3.63, 3.8) is 0 Å². The number of halogens is 3. The molecule has 1 unspecified atom stereocenters. The third kappa shape index (κ3) is 9.29. The second-order valence-electron chi connectivity index (χ2n) is 2.68. The van der Waals surface area contributed by atoms with Gasteiger partial charge >= 0.3 is 12.3 Å². The number of rotatable bonds is 5. The Kier molecular flexibility index (Phi) is 6.02. The smallest absolute Gasteiger partial charge is 0.422 e. The van der Waals surface area contributed by atoms with E-state index in [1.165, 1.54) is 7.11 Å². The van der Waals surface area contributed by atoms with Crippen molar-refractivity contribution in [3.8, 4) is 0 Å². The maximum atomic E-state index is 11.6. The summed E-state index contributed by atoms with van der Waals surface area (Å²) >= 11 is 0. The van der Waals surface area contributed by atoms with Crippen LogP contribution in [0.15, 0.2) is 0 Å². The lowest BCUT2D eigenvalue weighted by molar-refractivity contribution is -0.160. The molecule has 15 heavy (non-hydrogen) atoms. The van der Waals surface area contributed by atoms with Crippen LogP contribution < -0.4 is 5.32 Å². The molecule has 1 amide bonds. The second-order valence-corrected chi connectivity index (χ2v) is 2.68. The maximum Gasteiger partial charge on any atom is 0.422 e. The summed E-state index contributed by atoms with van der Waals surface area (Å²) in [6.45, 7) is -1.91. The van der Waals surface area contributed by atoms with Gasteiger partial charge in [0, 0.05) is 13.7 Å². The molecule has 0 fully saturated rings. The Balaban J connectivity index is 3.58. The van der Waals surface area contributed by atoms with Crippen molar-refractivity contribution < 1.29 is 32.5 Å². The first kappa shape index (κ1) is 14.0. The predicted octanol–water partition coefficient (Wildman–Crippen LogP) is 0.282. The maximum absolute atomic E-state index is 11.6. The Labute approximate surface area is 84.2 Å². The van der Waals surface area contributed by atoms with Gasteiger partial charge < -0.3 is 19.9 Å². The number of hydrogen-bond donors (Lipinski definition) is 2. The average Bonchev–Trinajstić information content (AvgIpc) is 2.11. The quantitative estimate of drug-likeness (QED) is 0.713. The molecular formula is C7H12F3NO4. The predicted molar refractivity (Wildman–Crippen MR) is 43.3 cm³/mol. The number of hydrogen-bond acceptors (Lipinski definition) is 4. The highest BCUT2D eigenvalue weighted by Gasteiger charge is 2.29. The number of methoxy groups -OCH3 is 1. The molecule has 2 N–H and O–H groups in total. The molecule has 0 aliphatic carbocycles. The normalized spacial score (nSPS) is 13.4. The lowest BCUT2D eigenvalue weighted by Gasteiger charge is -2.11. The summed E-state index contributed by atoms with van der Waals surface area (Å²) in [5.74, 6) is 0. The molecule has 0 aromatic rings. The van der Waals surface area contributed by atoms with Crippen LogP contribution in [0.25, 0.3) is 0 Å². The molecule has 90 valence electrons. The Morgan fingerprint density at radius 1 is 1.53 bits per heavy atom. The van der Waals surface area contributed by atoms with Crippen LogP contribution >= 0.6 is 0 Å². The fourth-order valence-corrected chi connectivity index (χ4v) is 0.651. The number of carbonyl (C=O) groups is 1. The SMILES string of the molecule is COCC(O)CNC(=O)OCC(F)(F)F. The number of amides is 1. The van der Waals surface area contributed by atoms with Gasteiger partial charge in [0.2, 0.25) is 0 Å². The summed E-state index contributed by atoms with van der Waals surface area (Å²) in [7, 11) is 1.34. The summed E-state index contributed by atoms with van der Waals surface area (Å²) in [5, 5.41) is 11.0. The molecule has 5 nitrogen and oxygen atoms in total. The number of nitrogens with one attached hydrogen (secondary N) is 1. The molecule has 0 rings (SSSR count). The number of carbonyl (C=O) groups excluding carboxylic acids is 1. The van der Waals surface area contributed by atoms with Crippen LogP contribution in [0.4, 0.5) is 18.0 Å². The molecule has 0 aliphatic rings. The summed E-state index contributed by atoms with van der Waals surface area (Å²) in [6.07, 6.45) is -6.77. The average molecular weight is 231 g/mol. The Morgan fingerprint density at radius 3 is 2.60 bits per heavy atom. The lowest BCUT2D eigenvalue weighted by Crippen LogP contribution is -2.36. The van der Waals surface area contributed by atoms with Crippen molar-refractivity contribution in [3.05, 3.63) is 0 Å². The van der Waals surface area contributed by atoms with Gasteiger partial charge in [0.1, 0.15) is 0 Å². The molecule has 0 saturated carbocycles. The second kappa shape index (κ2) is 6.46. The van der Waals surface area contributed by atoms with Gasteiger partial charge in [0.25, 0.3) is 0 Å². The van der Waals surface area contributed by atoms with Gasteiger partial charge in [-0.05, 0) is 0 Å². The first-order chi connectivity index (χ1) is 6.85. The topological polar surface area (TPSA) is 67.8 Å². The van der Waals surface area contributed by atoms with Crippen LogP contribution in [-0.4, -0.2) is 50.3 Å². The molecule has 0 aliphatic heterocycles. The highest BCUT2D eigenvalue weighted by atomic mass is 19.4. The fraction of sp³-hybridized carbons (Fsp3) is 0.857. The van der Waals surface area contributed by atoms with E-state index in [1.54, 1.807) is 0 Å². The van der Waals surface area contributed by atoms with Crippen LogP contribution in [0.2, 0.25) is 0 Å². The number of aliphatic hydroxyl groups is 1.